The molecule has 1 aromatic heterocycles. The molecule has 2 aromatic rings. The average molecular weight is 260 g/mol. The highest BCUT2D eigenvalue weighted by Crippen LogP contribution is 2.30. The fourth-order valence-electron chi connectivity index (χ4n) is 1.88. The molecule has 0 aliphatic heterocycles. The molecule has 0 unspecified atom stereocenters. The molecule has 2 rings (SSSR count). The molecule has 0 saturated carbocycles. The van der Waals surface area contributed by atoms with Crippen LogP contribution >= 0.6 is 11.3 Å². The standard InChI is InChI=1S/C16H20OS/c1-2-3-4-8-11-17-16-12-15(13-18-16)14-9-6-5-7-10-14/h5-7,9-10,12-13H,2-4,8,11H2,1H3. The van der Waals surface area contributed by atoms with Gasteiger partial charge in [-0.2, -0.15) is 0 Å². The van der Waals surface area contributed by atoms with E-state index in [9.17, 15) is 0 Å². The molecule has 1 heterocycles. The number of thiophene rings is 1. The molecule has 0 radical (unpaired) electrons. The van der Waals surface area contributed by atoms with Gasteiger partial charge in [-0.1, -0.05) is 56.5 Å². The van der Waals surface area contributed by atoms with Crippen LogP contribution in [0.2, 0.25) is 0 Å². The van der Waals surface area contributed by atoms with E-state index in [0.717, 1.165) is 18.1 Å². The van der Waals surface area contributed by atoms with Crippen molar-refractivity contribution in [1.82, 2.24) is 0 Å². The third-order valence-corrected chi connectivity index (χ3v) is 3.76. The van der Waals surface area contributed by atoms with Crippen molar-refractivity contribution in [2.24, 2.45) is 0 Å². The summed E-state index contributed by atoms with van der Waals surface area (Å²) >= 11 is 1.69. The molecule has 0 aliphatic rings. The highest BCUT2D eigenvalue weighted by atomic mass is 32.1. The maximum atomic E-state index is 5.77. The van der Waals surface area contributed by atoms with E-state index in [2.05, 4.69) is 42.6 Å². The van der Waals surface area contributed by atoms with Crippen LogP contribution in [0.4, 0.5) is 0 Å². The van der Waals surface area contributed by atoms with E-state index < -0.39 is 0 Å². The Bertz CT molecular complexity index is 447. The van der Waals surface area contributed by atoms with E-state index in [1.54, 1.807) is 11.3 Å². The summed E-state index contributed by atoms with van der Waals surface area (Å²) in [5.41, 5.74) is 2.51. The lowest BCUT2D eigenvalue weighted by atomic mass is 10.1. The number of hydrogen-bond donors (Lipinski definition) is 0. The Morgan fingerprint density at radius 1 is 1.00 bits per heavy atom. The summed E-state index contributed by atoms with van der Waals surface area (Å²) in [5.74, 6) is 0. The van der Waals surface area contributed by atoms with Gasteiger partial charge in [0.1, 0.15) is 0 Å². The number of ether oxygens (including phenoxy) is 1. The zero-order valence-corrected chi connectivity index (χ0v) is 11.7. The van der Waals surface area contributed by atoms with Gasteiger partial charge in [0.2, 0.25) is 0 Å². The van der Waals surface area contributed by atoms with E-state index in [4.69, 9.17) is 4.74 Å². The summed E-state index contributed by atoms with van der Waals surface area (Å²) in [6.07, 6.45) is 5.01. The first-order chi connectivity index (χ1) is 8.90. The second-order valence-corrected chi connectivity index (χ2v) is 5.30. The molecule has 1 nitrogen and oxygen atoms in total. The molecule has 96 valence electrons. The smallest absolute Gasteiger partial charge is 0.174 e. The predicted molar refractivity (Wildman–Crippen MR) is 79.4 cm³/mol. The Morgan fingerprint density at radius 3 is 2.61 bits per heavy atom. The minimum Gasteiger partial charge on any atom is -0.484 e. The monoisotopic (exact) mass is 260 g/mol. The van der Waals surface area contributed by atoms with Gasteiger partial charge in [0.05, 0.1) is 6.61 Å². The molecule has 0 bridgehead atoms. The Kier molecular flexibility index (Phi) is 5.28. The molecule has 0 N–H and O–H groups in total. The van der Waals surface area contributed by atoms with Gasteiger partial charge in [0, 0.05) is 5.38 Å². The third-order valence-electron chi connectivity index (χ3n) is 2.92. The minimum atomic E-state index is 0.842. The first-order valence-electron chi connectivity index (χ1n) is 6.67. The second kappa shape index (κ2) is 7.22. The molecule has 0 atom stereocenters. The van der Waals surface area contributed by atoms with Crippen LogP contribution in [-0.4, -0.2) is 6.61 Å². The Balaban J connectivity index is 1.83. The van der Waals surface area contributed by atoms with Gasteiger partial charge < -0.3 is 4.74 Å². The summed E-state index contributed by atoms with van der Waals surface area (Å²) in [6.45, 7) is 3.07. The van der Waals surface area contributed by atoms with Crippen molar-refractivity contribution in [1.29, 1.82) is 0 Å². The topological polar surface area (TPSA) is 9.23 Å². The van der Waals surface area contributed by atoms with Crippen LogP contribution in [0, 0.1) is 0 Å². The fraction of sp³-hybridized carbons (Fsp3) is 0.375. The van der Waals surface area contributed by atoms with Crippen molar-refractivity contribution >= 4 is 11.3 Å². The number of benzene rings is 1. The quantitative estimate of drug-likeness (QED) is 0.608. The van der Waals surface area contributed by atoms with Crippen molar-refractivity contribution in [2.75, 3.05) is 6.61 Å². The first-order valence-corrected chi connectivity index (χ1v) is 7.55. The first kappa shape index (κ1) is 13.2. The molecular weight excluding hydrogens is 240 g/mol. The van der Waals surface area contributed by atoms with Crippen LogP contribution in [0.25, 0.3) is 11.1 Å². The average Bonchev–Trinajstić information content (AvgIpc) is 2.88. The Hall–Kier alpha value is -1.28. The lowest BCUT2D eigenvalue weighted by Crippen LogP contribution is -1.95. The summed E-state index contributed by atoms with van der Waals surface area (Å²) in [5, 5.41) is 3.20. The molecular formula is C16H20OS. The summed E-state index contributed by atoms with van der Waals surface area (Å²) in [6, 6.07) is 12.6. The van der Waals surface area contributed by atoms with Crippen molar-refractivity contribution in [3.8, 4) is 16.2 Å². The molecule has 18 heavy (non-hydrogen) atoms. The summed E-state index contributed by atoms with van der Waals surface area (Å²) in [7, 11) is 0. The second-order valence-electron chi connectivity index (χ2n) is 4.43. The molecule has 1 aromatic carbocycles. The SMILES string of the molecule is CCCCCCOc1cc(-c2ccccc2)cs1. The fourth-order valence-corrected chi connectivity index (χ4v) is 2.67. The van der Waals surface area contributed by atoms with E-state index in [-0.39, 0.29) is 0 Å². The number of rotatable bonds is 7. The van der Waals surface area contributed by atoms with Gasteiger partial charge in [-0.05, 0) is 23.6 Å². The Morgan fingerprint density at radius 2 is 1.83 bits per heavy atom. The van der Waals surface area contributed by atoms with Gasteiger partial charge in [-0.25, -0.2) is 0 Å². The molecule has 2 heteroatoms. The van der Waals surface area contributed by atoms with Gasteiger partial charge in [0.15, 0.2) is 5.06 Å². The maximum Gasteiger partial charge on any atom is 0.174 e. The van der Waals surface area contributed by atoms with Crippen molar-refractivity contribution in [3.05, 3.63) is 41.8 Å². The molecule has 0 saturated heterocycles. The highest BCUT2D eigenvalue weighted by Gasteiger charge is 2.02. The maximum absolute atomic E-state index is 5.77. The van der Waals surface area contributed by atoms with E-state index >= 15 is 0 Å². The zero-order valence-electron chi connectivity index (χ0n) is 10.9. The van der Waals surface area contributed by atoms with Crippen LogP contribution in [-0.2, 0) is 0 Å². The largest absolute Gasteiger partial charge is 0.484 e. The lowest BCUT2D eigenvalue weighted by Gasteiger charge is -2.02. The van der Waals surface area contributed by atoms with E-state index in [0.29, 0.717) is 0 Å². The molecule has 0 amide bonds. The van der Waals surface area contributed by atoms with Crippen LogP contribution in [0.5, 0.6) is 5.06 Å². The van der Waals surface area contributed by atoms with Crippen LogP contribution in [0.15, 0.2) is 41.8 Å². The van der Waals surface area contributed by atoms with Crippen molar-refractivity contribution in [2.45, 2.75) is 32.6 Å². The van der Waals surface area contributed by atoms with Crippen molar-refractivity contribution in [3.63, 3.8) is 0 Å². The van der Waals surface area contributed by atoms with Gasteiger partial charge in [0.25, 0.3) is 0 Å². The van der Waals surface area contributed by atoms with Crippen LogP contribution in [0.1, 0.15) is 32.6 Å². The summed E-state index contributed by atoms with van der Waals surface area (Å²) in [4.78, 5) is 0. The normalized spacial score (nSPS) is 10.5. The van der Waals surface area contributed by atoms with Gasteiger partial charge in [-0.15, -0.1) is 11.3 Å². The molecule has 0 aliphatic carbocycles. The van der Waals surface area contributed by atoms with Gasteiger partial charge in [-0.3, -0.25) is 0 Å². The minimum absolute atomic E-state index is 0.842. The number of hydrogen-bond acceptors (Lipinski definition) is 2. The Labute approximate surface area is 113 Å². The van der Waals surface area contributed by atoms with E-state index in [1.165, 1.54) is 30.4 Å². The van der Waals surface area contributed by atoms with E-state index in [1.807, 2.05) is 6.07 Å². The van der Waals surface area contributed by atoms with Crippen molar-refractivity contribution < 1.29 is 4.74 Å². The highest BCUT2D eigenvalue weighted by molar-refractivity contribution is 7.12. The molecule has 0 spiro atoms. The molecule has 0 fully saturated rings. The van der Waals surface area contributed by atoms with Gasteiger partial charge >= 0.3 is 0 Å². The number of unbranched alkanes of at least 4 members (excludes halogenated alkanes) is 3. The van der Waals surface area contributed by atoms with Crippen LogP contribution < -0.4 is 4.74 Å². The van der Waals surface area contributed by atoms with Crippen LogP contribution in [0.3, 0.4) is 0 Å². The summed E-state index contributed by atoms with van der Waals surface area (Å²) < 4.78 is 5.77. The lowest BCUT2D eigenvalue weighted by molar-refractivity contribution is 0.313. The third kappa shape index (κ3) is 3.88. The predicted octanol–water partition coefficient (Wildman–Crippen LogP) is 5.37. The zero-order chi connectivity index (χ0) is 12.6.